The highest BCUT2D eigenvalue weighted by atomic mass is 15.3. The summed E-state index contributed by atoms with van der Waals surface area (Å²) < 4.78 is 0. The van der Waals surface area contributed by atoms with Crippen LogP contribution >= 0.6 is 0 Å². The van der Waals surface area contributed by atoms with Gasteiger partial charge >= 0.3 is 0 Å². The van der Waals surface area contributed by atoms with Gasteiger partial charge in [0.25, 0.3) is 0 Å². The average molecular weight is 225 g/mol. The fourth-order valence-electron chi connectivity index (χ4n) is 2.69. The molecule has 0 aromatic carbocycles. The Morgan fingerprint density at radius 3 is 2.12 bits per heavy atom. The largest absolute Gasteiger partial charge is 0.370 e. The summed E-state index contributed by atoms with van der Waals surface area (Å²) in [4.78, 5) is 6.94. The molecule has 92 valence electrons. The maximum atomic E-state index is 7.40. The number of nitrogens with two attached hydrogens (primary N) is 1. The van der Waals surface area contributed by atoms with Crippen LogP contribution in [0.5, 0.6) is 0 Å². The Morgan fingerprint density at radius 2 is 1.62 bits per heavy atom. The molecule has 0 radical (unpaired) electrons. The van der Waals surface area contributed by atoms with Crippen molar-refractivity contribution in [2.75, 3.05) is 46.3 Å². The van der Waals surface area contributed by atoms with Gasteiger partial charge in [0.15, 0.2) is 5.96 Å². The Kier molecular flexibility index (Phi) is 3.66. The van der Waals surface area contributed by atoms with Crippen molar-refractivity contribution in [2.24, 2.45) is 5.73 Å². The van der Waals surface area contributed by atoms with E-state index in [0.717, 1.165) is 32.2 Å². The molecule has 0 amide bonds. The first-order valence-electron chi connectivity index (χ1n) is 6.18. The number of hydrogen-bond donors (Lipinski definition) is 2. The number of rotatable bonds is 1. The highest BCUT2D eigenvalue weighted by Gasteiger charge is 2.26. The van der Waals surface area contributed by atoms with Crippen LogP contribution in [0.15, 0.2) is 0 Å². The molecule has 0 spiro atoms. The number of piperidine rings is 1. The minimum atomic E-state index is 0.225. The summed E-state index contributed by atoms with van der Waals surface area (Å²) in [5, 5.41) is 7.40. The van der Waals surface area contributed by atoms with Crippen molar-refractivity contribution in [3.63, 3.8) is 0 Å². The normalized spacial score (nSPS) is 25.9. The van der Waals surface area contributed by atoms with Crippen LogP contribution in [0.25, 0.3) is 0 Å². The standard InChI is InChI=1S/C11H23N5/c1-14-4-2-10(3-5-14)15-6-8-16(9-7-15)11(12)13/h10H,2-9H2,1H3,(H3,12,13). The molecule has 2 aliphatic heterocycles. The van der Waals surface area contributed by atoms with E-state index in [-0.39, 0.29) is 5.96 Å². The van der Waals surface area contributed by atoms with E-state index in [1.165, 1.54) is 25.9 Å². The molecule has 0 aliphatic carbocycles. The van der Waals surface area contributed by atoms with E-state index in [1.54, 1.807) is 0 Å². The number of piperazine rings is 1. The van der Waals surface area contributed by atoms with Gasteiger partial charge < -0.3 is 15.5 Å². The Bertz CT molecular complexity index is 239. The number of nitrogens with one attached hydrogen (secondary N) is 1. The van der Waals surface area contributed by atoms with Crippen molar-refractivity contribution >= 4 is 5.96 Å². The molecule has 0 bridgehead atoms. The predicted octanol–water partition coefficient (Wildman–Crippen LogP) is -0.408. The SMILES string of the molecule is CN1CCC(N2CCN(C(=N)N)CC2)CC1. The summed E-state index contributed by atoms with van der Waals surface area (Å²) in [7, 11) is 2.20. The fourth-order valence-corrected chi connectivity index (χ4v) is 2.69. The van der Waals surface area contributed by atoms with Gasteiger partial charge in [-0.05, 0) is 33.0 Å². The fraction of sp³-hybridized carbons (Fsp3) is 0.909. The lowest BCUT2D eigenvalue weighted by atomic mass is 10.0. The van der Waals surface area contributed by atoms with E-state index in [2.05, 4.69) is 16.8 Å². The van der Waals surface area contributed by atoms with Crippen LogP contribution in [-0.4, -0.2) is 73.0 Å². The molecule has 0 atom stereocenters. The summed E-state index contributed by atoms with van der Waals surface area (Å²) in [6, 6.07) is 0.755. The third kappa shape index (κ3) is 2.65. The first kappa shape index (κ1) is 11.7. The zero-order valence-corrected chi connectivity index (χ0v) is 10.2. The molecule has 0 saturated carbocycles. The molecule has 3 N–H and O–H groups in total. The zero-order chi connectivity index (χ0) is 11.5. The summed E-state index contributed by atoms with van der Waals surface area (Å²) >= 11 is 0. The smallest absolute Gasteiger partial charge is 0.188 e. The van der Waals surface area contributed by atoms with Gasteiger partial charge in [-0.1, -0.05) is 0 Å². The Labute approximate surface area is 97.7 Å². The van der Waals surface area contributed by atoms with E-state index in [0.29, 0.717) is 0 Å². The Morgan fingerprint density at radius 1 is 1.06 bits per heavy atom. The second kappa shape index (κ2) is 5.01. The van der Waals surface area contributed by atoms with E-state index in [1.807, 2.05) is 4.90 Å². The molecule has 0 aromatic heterocycles. The lowest BCUT2D eigenvalue weighted by Crippen LogP contribution is -2.55. The second-order valence-electron chi connectivity index (χ2n) is 4.94. The number of nitrogens with zero attached hydrogens (tertiary/aromatic N) is 3. The van der Waals surface area contributed by atoms with Gasteiger partial charge in [0, 0.05) is 32.2 Å². The predicted molar refractivity (Wildman–Crippen MR) is 65.6 cm³/mol. The third-order valence-corrected chi connectivity index (χ3v) is 3.86. The molecular weight excluding hydrogens is 202 g/mol. The number of guanidine groups is 1. The summed E-state index contributed by atoms with van der Waals surface area (Å²) in [6.07, 6.45) is 2.58. The average Bonchev–Trinajstić information content (AvgIpc) is 2.30. The van der Waals surface area contributed by atoms with Gasteiger partial charge in [0.05, 0.1) is 0 Å². The molecule has 2 saturated heterocycles. The maximum absolute atomic E-state index is 7.40. The van der Waals surface area contributed by atoms with Crippen LogP contribution in [0.1, 0.15) is 12.8 Å². The van der Waals surface area contributed by atoms with E-state index >= 15 is 0 Å². The maximum Gasteiger partial charge on any atom is 0.188 e. The minimum Gasteiger partial charge on any atom is -0.370 e. The molecule has 2 rings (SSSR count). The van der Waals surface area contributed by atoms with Crippen molar-refractivity contribution in [3.8, 4) is 0 Å². The summed E-state index contributed by atoms with van der Waals surface area (Å²) in [5.74, 6) is 0.225. The highest BCUT2D eigenvalue weighted by molar-refractivity contribution is 5.74. The van der Waals surface area contributed by atoms with Crippen LogP contribution < -0.4 is 5.73 Å². The summed E-state index contributed by atoms with van der Waals surface area (Å²) in [6.45, 7) is 6.40. The van der Waals surface area contributed by atoms with Crippen LogP contribution in [0.4, 0.5) is 0 Å². The van der Waals surface area contributed by atoms with Gasteiger partial charge in [-0.15, -0.1) is 0 Å². The zero-order valence-electron chi connectivity index (χ0n) is 10.2. The first-order valence-corrected chi connectivity index (χ1v) is 6.18. The second-order valence-corrected chi connectivity index (χ2v) is 4.94. The molecule has 2 fully saturated rings. The van der Waals surface area contributed by atoms with Gasteiger partial charge in [0.2, 0.25) is 0 Å². The monoisotopic (exact) mass is 225 g/mol. The van der Waals surface area contributed by atoms with Crippen LogP contribution in [-0.2, 0) is 0 Å². The highest BCUT2D eigenvalue weighted by Crippen LogP contribution is 2.17. The van der Waals surface area contributed by atoms with Gasteiger partial charge in [-0.2, -0.15) is 0 Å². The Hall–Kier alpha value is -0.810. The molecule has 16 heavy (non-hydrogen) atoms. The number of hydrogen-bond acceptors (Lipinski definition) is 3. The lowest BCUT2D eigenvalue weighted by Gasteiger charge is -2.42. The lowest BCUT2D eigenvalue weighted by molar-refractivity contribution is 0.0856. The number of likely N-dealkylation sites (tertiary alicyclic amines) is 1. The van der Waals surface area contributed by atoms with Crippen LogP contribution in [0.3, 0.4) is 0 Å². The van der Waals surface area contributed by atoms with Crippen molar-refractivity contribution < 1.29 is 0 Å². The third-order valence-electron chi connectivity index (χ3n) is 3.86. The molecule has 2 heterocycles. The molecule has 5 nitrogen and oxygen atoms in total. The van der Waals surface area contributed by atoms with Crippen molar-refractivity contribution in [3.05, 3.63) is 0 Å². The molecule has 0 unspecified atom stereocenters. The minimum absolute atomic E-state index is 0.225. The van der Waals surface area contributed by atoms with E-state index in [4.69, 9.17) is 11.1 Å². The van der Waals surface area contributed by atoms with Crippen molar-refractivity contribution in [2.45, 2.75) is 18.9 Å². The quantitative estimate of drug-likeness (QED) is 0.470. The van der Waals surface area contributed by atoms with Crippen molar-refractivity contribution in [1.82, 2.24) is 14.7 Å². The van der Waals surface area contributed by atoms with Crippen LogP contribution in [0, 0.1) is 5.41 Å². The van der Waals surface area contributed by atoms with E-state index < -0.39 is 0 Å². The van der Waals surface area contributed by atoms with E-state index in [9.17, 15) is 0 Å². The molecule has 5 heteroatoms. The van der Waals surface area contributed by atoms with Gasteiger partial charge in [-0.25, -0.2) is 0 Å². The van der Waals surface area contributed by atoms with Gasteiger partial charge in [0.1, 0.15) is 0 Å². The molecule has 0 aromatic rings. The van der Waals surface area contributed by atoms with Crippen molar-refractivity contribution in [1.29, 1.82) is 5.41 Å². The summed E-state index contributed by atoms with van der Waals surface area (Å²) in [5.41, 5.74) is 5.49. The Balaban J connectivity index is 1.78. The van der Waals surface area contributed by atoms with Gasteiger partial charge in [-0.3, -0.25) is 10.3 Å². The van der Waals surface area contributed by atoms with Crippen LogP contribution in [0.2, 0.25) is 0 Å². The molecule has 2 aliphatic rings. The first-order chi connectivity index (χ1) is 7.66. The topological polar surface area (TPSA) is 59.6 Å². The molecular formula is C11H23N5.